The fourth-order valence-corrected chi connectivity index (χ4v) is 6.29. The van der Waals surface area contributed by atoms with Crippen LogP contribution >= 0.6 is 0 Å². The zero-order valence-corrected chi connectivity index (χ0v) is 26.2. The Kier molecular flexibility index (Phi) is 8.65. The summed E-state index contributed by atoms with van der Waals surface area (Å²) in [6.07, 6.45) is 1.56. The van der Waals surface area contributed by atoms with Crippen molar-refractivity contribution in [2.45, 2.75) is 76.4 Å². The first-order valence-corrected chi connectivity index (χ1v) is 15.6. The van der Waals surface area contributed by atoms with Crippen molar-refractivity contribution >= 4 is 11.8 Å². The van der Waals surface area contributed by atoms with Crippen molar-refractivity contribution in [1.29, 1.82) is 0 Å². The Morgan fingerprint density at radius 2 is 1.87 bits per heavy atom. The number of hydrogen-bond acceptors (Lipinski definition) is 7. The number of carbonyl (C=O) groups is 2. The molecule has 0 radical (unpaired) electrons. The Morgan fingerprint density at radius 1 is 1.09 bits per heavy atom. The van der Waals surface area contributed by atoms with Gasteiger partial charge >= 0.3 is 0 Å². The minimum Gasteiger partial charge on any atom is -0.392 e. The van der Waals surface area contributed by atoms with Gasteiger partial charge in [-0.25, -0.2) is 0 Å². The van der Waals surface area contributed by atoms with Gasteiger partial charge in [-0.1, -0.05) is 60.5 Å². The van der Waals surface area contributed by atoms with E-state index in [4.69, 9.17) is 6.85 Å². The van der Waals surface area contributed by atoms with E-state index in [0.717, 1.165) is 16.7 Å². The monoisotopic (exact) mass is 618 g/mol. The topological polar surface area (TPSA) is 118 Å². The van der Waals surface area contributed by atoms with Crippen LogP contribution in [0.1, 0.15) is 62.3 Å². The molecular formula is C36H47N5O4. The fourth-order valence-electron chi connectivity index (χ4n) is 6.29. The molecule has 3 aromatic rings. The molecule has 0 saturated carbocycles. The summed E-state index contributed by atoms with van der Waals surface area (Å²) >= 11 is 0. The van der Waals surface area contributed by atoms with E-state index in [9.17, 15) is 19.8 Å². The van der Waals surface area contributed by atoms with Gasteiger partial charge in [0, 0.05) is 63.0 Å². The number of aliphatic hydroxyl groups excluding tert-OH is 2. The molecule has 1 aliphatic heterocycles. The summed E-state index contributed by atoms with van der Waals surface area (Å²) in [4.78, 5) is 35.9. The smallest absolute Gasteiger partial charge is 0.239 e. The van der Waals surface area contributed by atoms with Crippen molar-refractivity contribution in [3.05, 3.63) is 101 Å². The average Bonchev–Trinajstić information content (AvgIpc) is 3.38. The second kappa shape index (κ2) is 14.6. The Morgan fingerprint density at radius 3 is 2.60 bits per heavy atom. The van der Waals surface area contributed by atoms with Crippen LogP contribution in [0.5, 0.6) is 0 Å². The molecule has 2 aromatic carbocycles. The number of pyridine rings is 1. The Balaban J connectivity index is 1.37. The summed E-state index contributed by atoms with van der Waals surface area (Å²) in [5, 5.41) is 28.4. The van der Waals surface area contributed by atoms with E-state index in [1.54, 1.807) is 12.4 Å². The molecule has 5 atom stereocenters. The predicted octanol–water partition coefficient (Wildman–Crippen LogP) is 2.87. The normalized spacial score (nSPS) is 23.5. The molecule has 2 aliphatic rings. The van der Waals surface area contributed by atoms with E-state index in [2.05, 4.69) is 20.5 Å². The summed E-state index contributed by atoms with van der Waals surface area (Å²) in [6.45, 7) is 7.92. The van der Waals surface area contributed by atoms with E-state index < -0.39 is 71.9 Å². The number of rotatable bonds is 11. The van der Waals surface area contributed by atoms with Crippen LogP contribution < -0.4 is 10.6 Å². The number of hydrogen-bond donors (Lipinski definition) is 4. The van der Waals surface area contributed by atoms with Crippen molar-refractivity contribution in [3.63, 3.8) is 0 Å². The fraction of sp³-hybridized carbons (Fsp3) is 0.472. The van der Waals surface area contributed by atoms with Gasteiger partial charge in [-0.05, 0) is 61.9 Å². The Labute approximate surface area is 273 Å². The van der Waals surface area contributed by atoms with Crippen LogP contribution in [0.2, 0.25) is 0 Å². The van der Waals surface area contributed by atoms with Gasteiger partial charge in [0.15, 0.2) is 0 Å². The molecule has 9 heteroatoms. The standard InChI is InChI=1S/C36H47N5O4/c1-36(2,3)39-35(45)31-24-40(22-26-12-9-15-37-21-26)16-17-41(31)23-29(42)19-28(18-25-10-5-4-6-11-25)34(44)38-33-30-14-8-7-13-27(30)20-32(33)43/h4-15,21,28-29,31-33,42-43H,16-20,22-24H2,1-3H3,(H,38,44)(H,39,45)/t28-,29+,31+,32-,33+/m1/s1/i4D,5D,6D,10D,11D. The molecule has 1 aliphatic carbocycles. The van der Waals surface area contributed by atoms with Crippen LogP contribution in [0, 0.1) is 5.92 Å². The minimum atomic E-state index is -1.11. The summed E-state index contributed by atoms with van der Waals surface area (Å²) in [6, 6.07) is 7.64. The highest BCUT2D eigenvalue weighted by Crippen LogP contribution is 2.32. The van der Waals surface area contributed by atoms with Gasteiger partial charge in [0.2, 0.25) is 11.8 Å². The van der Waals surface area contributed by atoms with Crippen molar-refractivity contribution in [3.8, 4) is 0 Å². The number of fused-ring (bicyclic) bond motifs is 1. The lowest BCUT2D eigenvalue weighted by molar-refractivity contribution is -0.132. The van der Waals surface area contributed by atoms with Gasteiger partial charge in [0.1, 0.15) is 6.04 Å². The number of carbonyl (C=O) groups excluding carboxylic acids is 2. The summed E-state index contributed by atoms with van der Waals surface area (Å²) < 4.78 is 41.3. The largest absolute Gasteiger partial charge is 0.392 e. The molecule has 1 fully saturated rings. The molecule has 240 valence electrons. The maximum Gasteiger partial charge on any atom is 0.239 e. The zero-order valence-electron chi connectivity index (χ0n) is 31.2. The van der Waals surface area contributed by atoms with Gasteiger partial charge in [-0.2, -0.15) is 0 Å². The predicted molar refractivity (Wildman–Crippen MR) is 174 cm³/mol. The minimum absolute atomic E-state index is 0.0258. The van der Waals surface area contributed by atoms with Gasteiger partial charge in [0.25, 0.3) is 0 Å². The van der Waals surface area contributed by atoms with Crippen LogP contribution in [-0.2, 0) is 29.0 Å². The van der Waals surface area contributed by atoms with Crippen molar-refractivity contribution in [1.82, 2.24) is 25.4 Å². The number of amides is 2. The average molecular weight is 619 g/mol. The SMILES string of the molecule is [2H]c1c([2H])c([2H])c(C[C@H](C[C@H](O)CN2CCN(Cc3cccnc3)C[C@H]2C(=O)NC(C)(C)C)C(=O)N[C@H]2c3ccccc3C[C@H]2O)c([2H])c1[2H]. The van der Waals surface area contributed by atoms with Gasteiger partial charge < -0.3 is 20.8 Å². The first kappa shape index (κ1) is 26.6. The maximum absolute atomic E-state index is 14.0. The number of nitrogens with one attached hydrogen (secondary N) is 2. The summed E-state index contributed by atoms with van der Waals surface area (Å²) in [5.41, 5.74) is 2.21. The first-order chi connectivity index (χ1) is 23.6. The molecular weight excluding hydrogens is 566 g/mol. The highest BCUT2D eigenvalue weighted by Gasteiger charge is 2.37. The van der Waals surface area contributed by atoms with Gasteiger partial charge in [-0.15, -0.1) is 0 Å². The molecule has 0 spiro atoms. The molecule has 5 rings (SSSR count). The lowest BCUT2D eigenvalue weighted by Gasteiger charge is -2.42. The van der Waals surface area contributed by atoms with Crippen molar-refractivity contribution < 1.29 is 26.7 Å². The number of β-amino-alcohol motifs (C(OH)–C–C–N with tert-alkyl or cyclic N) is 1. The quantitative estimate of drug-likeness (QED) is 0.261. The molecule has 1 aromatic heterocycles. The van der Waals surface area contributed by atoms with Gasteiger partial charge in [-0.3, -0.25) is 24.4 Å². The summed E-state index contributed by atoms with van der Waals surface area (Å²) in [7, 11) is 0. The first-order valence-electron chi connectivity index (χ1n) is 18.1. The second-order valence-corrected chi connectivity index (χ2v) is 13.2. The zero-order chi connectivity index (χ0) is 36.3. The van der Waals surface area contributed by atoms with E-state index in [1.807, 2.05) is 62.1 Å². The third-order valence-corrected chi connectivity index (χ3v) is 8.38. The third kappa shape index (κ3) is 8.98. The van der Waals surface area contributed by atoms with E-state index >= 15 is 0 Å². The van der Waals surface area contributed by atoms with Gasteiger partial charge in [0.05, 0.1) is 25.1 Å². The third-order valence-electron chi connectivity index (χ3n) is 8.38. The number of nitrogens with zero attached hydrogens (tertiary/aromatic N) is 3. The molecule has 0 unspecified atom stereocenters. The Hall–Kier alpha value is -3.63. The number of aromatic nitrogens is 1. The summed E-state index contributed by atoms with van der Waals surface area (Å²) in [5.74, 6) is -1.70. The molecule has 0 bridgehead atoms. The second-order valence-electron chi connectivity index (χ2n) is 13.2. The highest BCUT2D eigenvalue weighted by atomic mass is 16.3. The maximum atomic E-state index is 14.0. The number of piperazine rings is 1. The van der Waals surface area contributed by atoms with Crippen LogP contribution in [-0.4, -0.2) is 86.8 Å². The van der Waals surface area contributed by atoms with Crippen LogP contribution in [0.15, 0.2) is 79.0 Å². The highest BCUT2D eigenvalue weighted by molar-refractivity contribution is 5.83. The molecule has 45 heavy (non-hydrogen) atoms. The lowest BCUT2D eigenvalue weighted by Crippen LogP contribution is -2.61. The van der Waals surface area contributed by atoms with Crippen LogP contribution in [0.4, 0.5) is 0 Å². The Bertz CT molecular complexity index is 1660. The van der Waals surface area contributed by atoms with Crippen LogP contribution in [0.3, 0.4) is 0 Å². The van der Waals surface area contributed by atoms with E-state index in [0.29, 0.717) is 32.6 Å². The van der Waals surface area contributed by atoms with Crippen molar-refractivity contribution in [2.24, 2.45) is 5.92 Å². The number of benzene rings is 2. The molecule has 9 nitrogen and oxygen atoms in total. The molecule has 2 heterocycles. The number of aliphatic hydroxyl groups is 2. The van der Waals surface area contributed by atoms with Crippen LogP contribution in [0.25, 0.3) is 0 Å². The molecule has 2 amide bonds. The van der Waals surface area contributed by atoms with E-state index in [-0.39, 0.29) is 30.9 Å². The molecule has 1 saturated heterocycles. The van der Waals surface area contributed by atoms with E-state index in [1.165, 1.54) is 0 Å². The lowest BCUT2D eigenvalue weighted by atomic mass is 9.91. The molecule has 4 N–H and O–H groups in total. The van der Waals surface area contributed by atoms with Crippen molar-refractivity contribution in [2.75, 3.05) is 26.2 Å².